The van der Waals surface area contributed by atoms with E-state index in [4.69, 9.17) is 5.10 Å². The zero-order valence-corrected chi connectivity index (χ0v) is 16.7. The summed E-state index contributed by atoms with van der Waals surface area (Å²) in [6.07, 6.45) is 0. The van der Waals surface area contributed by atoms with Gasteiger partial charge in [0.2, 0.25) is 5.91 Å². The van der Waals surface area contributed by atoms with Crippen molar-refractivity contribution < 1.29 is 9.59 Å². The van der Waals surface area contributed by atoms with Crippen molar-refractivity contribution in [1.82, 2.24) is 19.6 Å². The van der Waals surface area contributed by atoms with Crippen molar-refractivity contribution in [3.63, 3.8) is 0 Å². The normalized spacial score (nSPS) is 14.1. The van der Waals surface area contributed by atoms with Gasteiger partial charge in [0.15, 0.2) is 0 Å². The molecule has 0 atom stereocenters. The van der Waals surface area contributed by atoms with Crippen LogP contribution in [0.5, 0.6) is 0 Å². The fourth-order valence-electron chi connectivity index (χ4n) is 3.63. The van der Waals surface area contributed by atoms with Crippen molar-refractivity contribution in [3.8, 4) is 16.9 Å². The number of hydrogen-bond acceptors (Lipinski definition) is 3. The van der Waals surface area contributed by atoms with Crippen LogP contribution in [0, 0.1) is 6.92 Å². The second kappa shape index (κ2) is 7.91. The largest absolute Gasteiger partial charge is 0.339 e. The van der Waals surface area contributed by atoms with Crippen LogP contribution in [-0.2, 0) is 4.79 Å². The van der Waals surface area contributed by atoms with Crippen molar-refractivity contribution in [2.24, 2.45) is 0 Å². The number of aromatic nitrogens is 2. The number of piperazine rings is 1. The minimum absolute atomic E-state index is 0.0493. The molecule has 1 aliphatic rings. The van der Waals surface area contributed by atoms with E-state index in [1.807, 2.05) is 67.6 Å². The zero-order valence-electron chi connectivity index (χ0n) is 16.7. The van der Waals surface area contributed by atoms with Gasteiger partial charge < -0.3 is 9.80 Å². The van der Waals surface area contributed by atoms with Crippen LogP contribution in [0.15, 0.2) is 60.7 Å². The average molecular weight is 388 g/mol. The lowest BCUT2D eigenvalue weighted by Crippen LogP contribution is -2.50. The number of hydrogen-bond donors (Lipinski definition) is 0. The minimum Gasteiger partial charge on any atom is -0.339 e. The Bertz CT molecular complexity index is 1030. The van der Waals surface area contributed by atoms with Crippen LogP contribution >= 0.6 is 0 Å². The van der Waals surface area contributed by atoms with Gasteiger partial charge in [-0.3, -0.25) is 9.59 Å². The van der Waals surface area contributed by atoms with E-state index in [1.165, 1.54) is 0 Å². The Labute approximate surface area is 170 Å². The van der Waals surface area contributed by atoms with E-state index in [0.717, 1.165) is 22.5 Å². The summed E-state index contributed by atoms with van der Waals surface area (Å²) in [7, 11) is 0. The molecule has 2 heterocycles. The van der Waals surface area contributed by atoms with Gasteiger partial charge in [0.05, 0.1) is 11.4 Å². The summed E-state index contributed by atoms with van der Waals surface area (Å²) in [4.78, 5) is 28.5. The zero-order chi connectivity index (χ0) is 20.4. The highest BCUT2D eigenvalue weighted by Gasteiger charge is 2.27. The number of carbonyl (C=O) groups is 2. The predicted molar refractivity (Wildman–Crippen MR) is 112 cm³/mol. The van der Waals surface area contributed by atoms with Gasteiger partial charge >= 0.3 is 0 Å². The highest BCUT2D eigenvalue weighted by atomic mass is 16.2. The fourth-order valence-corrected chi connectivity index (χ4v) is 3.63. The Hall–Kier alpha value is -3.41. The van der Waals surface area contributed by atoms with Crippen molar-refractivity contribution in [2.75, 3.05) is 26.2 Å². The first kappa shape index (κ1) is 18.9. The quantitative estimate of drug-likeness (QED) is 0.693. The summed E-state index contributed by atoms with van der Waals surface area (Å²) in [6, 6.07) is 19.7. The van der Waals surface area contributed by atoms with Gasteiger partial charge in [-0.2, -0.15) is 5.10 Å². The molecule has 0 N–H and O–H groups in total. The Morgan fingerprint density at radius 3 is 2.21 bits per heavy atom. The average Bonchev–Trinajstić information content (AvgIpc) is 3.19. The molecule has 0 spiro atoms. The number of amides is 2. The Balaban J connectivity index is 1.70. The third-order valence-corrected chi connectivity index (χ3v) is 5.26. The van der Waals surface area contributed by atoms with Crippen molar-refractivity contribution in [3.05, 3.63) is 71.9 Å². The first-order valence-corrected chi connectivity index (χ1v) is 9.80. The number of carbonyl (C=O) groups excluding carboxylic acids is 2. The fraction of sp³-hybridized carbons (Fsp3) is 0.261. The summed E-state index contributed by atoms with van der Waals surface area (Å²) >= 11 is 0. The van der Waals surface area contributed by atoms with Gasteiger partial charge in [0, 0.05) is 38.7 Å². The van der Waals surface area contributed by atoms with E-state index in [2.05, 4.69) is 0 Å². The molecule has 6 nitrogen and oxygen atoms in total. The third-order valence-electron chi connectivity index (χ3n) is 5.26. The molecule has 0 radical (unpaired) electrons. The van der Waals surface area contributed by atoms with Crippen molar-refractivity contribution in [2.45, 2.75) is 13.8 Å². The number of rotatable bonds is 3. The number of benzene rings is 2. The lowest BCUT2D eigenvalue weighted by molar-refractivity contribution is -0.130. The monoisotopic (exact) mass is 388 g/mol. The molecule has 1 aliphatic heterocycles. The standard InChI is InChI=1S/C23H24N4O2/c1-17-7-6-10-20(15-17)27-22(16-21(24-27)19-8-4-3-5-9-19)23(29)26-13-11-25(12-14-26)18(2)28/h3-10,15-16H,11-14H2,1-2H3. The molecule has 1 aromatic heterocycles. The number of nitrogens with zero attached hydrogens (tertiary/aromatic N) is 4. The Morgan fingerprint density at radius 2 is 1.55 bits per heavy atom. The highest BCUT2D eigenvalue weighted by molar-refractivity contribution is 5.94. The van der Waals surface area contributed by atoms with Gasteiger partial charge in [-0.25, -0.2) is 4.68 Å². The molecule has 1 fully saturated rings. The van der Waals surface area contributed by atoms with E-state index < -0.39 is 0 Å². The van der Waals surface area contributed by atoms with Gasteiger partial charge in [-0.05, 0) is 30.7 Å². The van der Waals surface area contributed by atoms with E-state index in [0.29, 0.717) is 31.9 Å². The van der Waals surface area contributed by atoms with Gasteiger partial charge in [0.1, 0.15) is 5.69 Å². The maximum Gasteiger partial charge on any atom is 0.272 e. The molecule has 148 valence electrons. The Kier molecular flexibility index (Phi) is 5.16. The molecule has 2 amide bonds. The van der Waals surface area contributed by atoms with Crippen LogP contribution in [0.4, 0.5) is 0 Å². The highest BCUT2D eigenvalue weighted by Crippen LogP contribution is 2.23. The SMILES string of the molecule is CC(=O)N1CCN(C(=O)c2cc(-c3ccccc3)nn2-c2cccc(C)c2)CC1. The predicted octanol–water partition coefficient (Wildman–Crippen LogP) is 3.15. The van der Waals surface area contributed by atoms with Crippen LogP contribution in [0.3, 0.4) is 0 Å². The van der Waals surface area contributed by atoms with Gasteiger partial charge in [-0.1, -0.05) is 42.5 Å². The lowest BCUT2D eigenvalue weighted by Gasteiger charge is -2.34. The molecule has 3 aromatic rings. The summed E-state index contributed by atoms with van der Waals surface area (Å²) in [5.41, 5.74) is 4.23. The summed E-state index contributed by atoms with van der Waals surface area (Å²) < 4.78 is 1.73. The maximum absolute atomic E-state index is 13.4. The van der Waals surface area contributed by atoms with Crippen LogP contribution in [0.25, 0.3) is 16.9 Å². The molecule has 29 heavy (non-hydrogen) atoms. The first-order valence-electron chi connectivity index (χ1n) is 9.80. The third kappa shape index (κ3) is 3.92. The molecular formula is C23H24N4O2. The minimum atomic E-state index is -0.0654. The Morgan fingerprint density at radius 1 is 0.862 bits per heavy atom. The van der Waals surface area contributed by atoms with Crippen LogP contribution < -0.4 is 0 Å². The second-order valence-electron chi connectivity index (χ2n) is 7.33. The molecule has 0 bridgehead atoms. The second-order valence-corrected chi connectivity index (χ2v) is 7.33. The summed E-state index contributed by atoms with van der Waals surface area (Å²) in [5, 5.41) is 4.76. The van der Waals surface area contributed by atoms with Crippen LogP contribution in [0.1, 0.15) is 23.0 Å². The molecule has 4 rings (SSSR count). The number of aryl methyl sites for hydroxylation is 1. The smallest absolute Gasteiger partial charge is 0.272 e. The van der Waals surface area contributed by atoms with Gasteiger partial charge in [-0.15, -0.1) is 0 Å². The van der Waals surface area contributed by atoms with E-state index in [-0.39, 0.29) is 11.8 Å². The molecule has 0 aliphatic carbocycles. The molecule has 1 saturated heterocycles. The molecule has 2 aromatic carbocycles. The first-order chi connectivity index (χ1) is 14.0. The van der Waals surface area contributed by atoms with E-state index >= 15 is 0 Å². The summed E-state index contributed by atoms with van der Waals surface area (Å²) in [6.45, 7) is 5.76. The molecule has 0 saturated carbocycles. The van der Waals surface area contributed by atoms with Crippen LogP contribution in [-0.4, -0.2) is 57.6 Å². The molecular weight excluding hydrogens is 364 g/mol. The summed E-state index contributed by atoms with van der Waals surface area (Å²) in [5.74, 6) is -0.0161. The topological polar surface area (TPSA) is 58.4 Å². The van der Waals surface area contributed by atoms with E-state index in [1.54, 1.807) is 21.4 Å². The van der Waals surface area contributed by atoms with E-state index in [9.17, 15) is 9.59 Å². The lowest BCUT2D eigenvalue weighted by atomic mass is 10.1. The molecule has 6 heteroatoms. The van der Waals surface area contributed by atoms with Gasteiger partial charge in [0.25, 0.3) is 5.91 Å². The van der Waals surface area contributed by atoms with Crippen molar-refractivity contribution in [1.29, 1.82) is 0 Å². The van der Waals surface area contributed by atoms with Crippen molar-refractivity contribution >= 4 is 11.8 Å². The van der Waals surface area contributed by atoms with Crippen LogP contribution in [0.2, 0.25) is 0 Å². The maximum atomic E-state index is 13.4. The molecule has 0 unspecified atom stereocenters.